The van der Waals surface area contributed by atoms with Gasteiger partial charge in [0.2, 0.25) is 10.0 Å². The molecule has 142 valence electrons. The molecule has 0 atom stereocenters. The molecular formula is C16H26N2O4S3. The summed E-state index contributed by atoms with van der Waals surface area (Å²) in [6.45, 7) is 7.10. The first kappa shape index (κ1) is 20.5. The zero-order valence-electron chi connectivity index (χ0n) is 14.9. The highest BCUT2D eigenvalue weighted by molar-refractivity contribution is 8.01. The highest BCUT2D eigenvalue weighted by Gasteiger charge is 2.26. The maximum atomic E-state index is 12.0. The predicted molar refractivity (Wildman–Crippen MR) is 102 cm³/mol. The Labute approximate surface area is 158 Å². The SMILES string of the molecule is CC(C)(C)OC(=O)N1CCC(CCSc2ccc(S(N)(=O)=O)s2)CC1. The van der Waals surface area contributed by atoms with Gasteiger partial charge >= 0.3 is 6.09 Å². The van der Waals surface area contributed by atoms with Crippen molar-refractivity contribution in [1.29, 1.82) is 0 Å². The van der Waals surface area contributed by atoms with Crippen LogP contribution in [0.2, 0.25) is 0 Å². The number of nitrogens with zero attached hydrogens (tertiary/aromatic N) is 1. The van der Waals surface area contributed by atoms with Crippen LogP contribution < -0.4 is 5.14 Å². The normalized spacial score (nSPS) is 16.9. The average molecular weight is 407 g/mol. The molecular weight excluding hydrogens is 380 g/mol. The van der Waals surface area contributed by atoms with E-state index in [-0.39, 0.29) is 10.3 Å². The molecule has 1 fully saturated rings. The zero-order valence-corrected chi connectivity index (χ0v) is 17.3. The molecule has 1 aliphatic rings. The van der Waals surface area contributed by atoms with Gasteiger partial charge < -0.3 is 9.64 Å². The fourth-order valence-electron chi connectivity index (χ4n) is 2.59. The van der Waals surface area contributed by atoms with Gasteiger partial charge in [-0.2, -0.15) is 0 Å². The number of rotatable bonds is 5. The molecule has 25 heavy (non-hydrogen) atoms. The lowest BCUT2D eigenvalue weighted by atomic mass is 9.95. The van der Waals surface area contributed by atoms with Crippen molar-refractivity contribution in [3.05, 3.63) is 12.1 Å². The summed E-state index contributed by atoms with van der Waals surface area (Å²) in [7, 11) is -3.60. The van der Waals surface area contributed by atoms with Gasteiger partial charge in [-0.1, -0.05) is 0 Å². The molecule has 0 saturated carbocycles. The second kappa shape index (κ2) is 8.28. The van der Waals surface area contributed by atoms with Crippen molar-refractivity contribution >= 4 is 39.2 Å². The van der Waals surface area contributed by atoms with E-state index in [1.165, 1.54) is 11.3 Å². The Hall–Kier alpha value is -0.770. The second-order valence-electron chi connectivity index (χ2n) is 7.17. The first-order valence-electron chi connectivity index (χ1n) is 8.28. The van der Waals surface area contributed by atoms with Gasteiger partial charge in [-0.05, 0) is 63.8 Å². The number of amides is 1. The Bertz CT molecular complexity index is 686. The third kappa shape index (κ3) is 6.80. The van der Waals surface area contributed by atoms with Crippen molar-refractivity contribution in [2.24, 2.45) is 11.1 Å². The summed E-state index contributed by atoms with van der Waals surface area (Å²) in [4.78, 5) is 13.8. The minimum absolute atomic E-state index is 0.209. The van der Waals surface area contributed by atoms with E-state index in [2.05, 4.69) is 0 Å². The molecule has 9 heteroatoms. The quantitative estimate of drug-likeness (QED) is 0.756. The minimum atomic E-state index is -3.60. The summed E-state index contributed by atoms with van der Waals surface area (Å²) in [5.41, 5.74) is -0.457. The van der Waals surface area contributed by atoms with Gasteiger partial charge in [0.15, 0.2) is 0 Å². The van der Waals surface area contributed by atoms with Crippen LogP contribution >= 0.6 is 23.1 Å². The van der Waals surface area contributed by atoms with Gasteiger partial charge in [-0.15, -0.1) is 23.1 Å². The number of sulfonamides is 1. The monoisotopic (exact) mass is 406 g/mol. The van der Waals surface area contributed by atoms with E-state index in [4.69, 9.17) is 9.88 Å². The summed E-state index contributed by atoms with van der Waals surface area (Å²) in [5.74, 6) is 1.52. The first-order chi connectivity index (χ1) is 11.5. The third-order valence-electron chi connectivity index (χ3n) is 3.87. The smallest absolute Gasteiger partial charge is 0.410 e. The first-order valence-corrected chi connectivity index (χ1v) is 11.6. The number of hydrogen-bond acceptors (Lipinski definition) is 6. The number of primary sulfonamides is 1. The summed E-state index contributed by atoms with van der Waals surface area (Å²) < 4.78 is 29.1. The van der Waals surface area contributed by atoms with Crippen LogP contribution in [0.1, 0.15) is 40.0 Å². The van der Waals surface area contributed by atoms with E-state index in [1.807, 2.05) is 20.8 Å². The molecule has 0 bridgehead atoms. The topological polar surface area (TPSA) is 89.7 Å². The molecule has 2 rings (SSSR count). The zero-order chi connectivity index (χ0) is 18.7. The molecule has 1 aromatic rings. The maximum Gasteiger partial charge on any atom is 0.410 e. The lowest BCUT2D eigenvalue weighted by Gasteiger charge is -2.33. The molecule has 0 radical (unpaired) electrons. The van der Waals surface area contributed by atoms with Gasteiger partial charge in [0.25, 0.3) is 0 Å². The van der Waals surface area contributed by atoms with Gasteiger partial charge in [0.1, 0.15) is 9.81 Å². The van der Waals surface area contributed by atoms with Crippen LogP contribution in [-0.4, -0.2) is 43.9 Å². The fourth-order valence-corrected chi connectivity index (χ4v) is 5.78. The number of ether oxygens (including phenoxy) is 1. The van der Waals surface area contributed by atoms with Crippen molar-refractivity contribution in [3.63, 3.8) is 0 Å². The van der Waals surface area contributed by atoms with Crippen LogP contribution in [0.15, 0.2) is 20.6 Å². The third-order valence-corrected chi connectivity index (χ3v) is 7.66. The maximum absolute atomic E-state index is 12.0. The second-order valence-corrected chi connectivity index (χ2v) is 11.4. The highest BCUT2D eigenvalue weighted by Crippen LogP contribution is 2.32. The predicted octanol–water partition coefficient (Wildman–Crippen LogP) is 3.52. The van der Waals surface area contributed by atoms with Crippen molar-refractivity contribution < 1.29 is 17.9 Å². The van der Waals surface area contributed by atoms with E-state index in [1.54, 1.807) is 28.8 Å². The van der Waals surface area contributed by atoms with Gasteiger partial charge in [-0.25, -0.2) is 18.4 Å². The average Bonchev–Trinajstić information content (AvgIpc) is 2.95. The van der Waals surface area contributed by atoms with Crippen LogP contribution in [0.5, 0.6) is 0 Å². The Morgan fingerprint density at radius 3 is 2.52 bits per heavy atom. The molecule has 6 nitrogen and oxygen atoms in total. The molecule has 2 N–H and O–H groups in total. The number of piperidine rings is 1. The lowest BCUT2D eigenvalue weighted by molar-refractivity contribution is 0.0183. The number of nitrogens with two attached hydrogens (primary N) is 1. The Morgan fingerprint density at radius 1 is 1.36 bits per heavy atom. The van der Waals surface area contributed by atoms with Crippen LogP contribution in [0.4, 0.5) is 4.79 Å². The molecule has 0 aliphatic carbocycles. The van der Waals surface area contributed by atoms with E-state index in [9.17, 15) is 13.2 Å². The van der Waals surface area contributed by atoms with Crippen LogP contribution in [0, 0.1) is 5.92 Å². The lowest BCUT2D eigenvalue weighted by Crippen LogP contribution is -2.41. The highest BCUT2D eigenvalue weighted by atomic mass is 32.3. The molecule has 0 spiro atoms. The van der Waals surface area contributed by atoms with E-state index < -0.39 is 15.6 Å². The number of carbonyl (C=O) groups is 1. The van der Waals surface area contributed by atoms with Gasteiger partial charge in [-0.3, -0.25) is 0 Å². The summed E-state index contributed by atoms with van der Waals surface area (Å²) in [5, 5.41) is 5.12. The molecule has 1 aromatic heterocycles. The summed E-state index contributed by atoms with van der Waals surface area (Å²) in [6.07, 6.45) is 2.78. The molecule has 0 aromatic carbocycles. The Balaban J connectivity index is 1.70. The van der Waals surface area contributed by atoms with E-state index in [0.29, 0.717) is 5.92 Å². The molecule has 1 saturated heterocycles. The standard InChI is InChI=1S/C16H26N2O4S3/c1-16(2,3)22-15(19)18-9-6-12(7-10-18)8-11-23-13-4-5-14(24-13)25(17,20)21/h4-5,12H,6-11H2,1-3H3,(H2,17,20,21). The van der Waals surface area contributed by atoms with Crippen molar-refractivity contribution in [3.8, 4) is 0 Å². The van der Waals surface area contributed by atoms with Crippen LogP contribution in [0.25, 0.3) is 0 Å². The van der Waals surface area contributed by atoms with Crippen molar-refractivity contribution in [1.82, 2.24) is 4.90 Å². The van der Waals surface area contributed by atoms with Gasteiger partial charge in [0.05, 0.1) is 4.21 Å². The number of thioether (sulfide) groups is 1. The van der Waals surface area contributed by atoms with E-state index in [0.717, 1.165) is 42.3 Å². The van der Waals surface area contributed by atoms with Gasteiger partial charge in [0, 0.05) is 13.1 Å². The number of likely N-dealkylation sites (tertiary alicyclic amines) is 1. The Morgan fingerprint density at radius 2 is 2.00 bits per heavy atom. The molecule has 0 unspecified atom stereocenters. The fraction of sp³-hybridized carbons (Fsp3) is 0.688. The van der Waals surface area contributed by atoms with Crippen LogP contribution in [0.3, 0.4) is 0 Å². The van der Waals surface area contributed by atoms with E-state index >= 15 is 0 Å². The van der Waals surface area contributed by atoms with Crippen LogP contribution in [-0.2, 0) is 14.8 Å². The van der Waals surface area contributed by atoms with Crippen molar-refractivity contribution in [2.75, 3.05) is 18.8 Å². The molecule has 1 amide bonds. The number of hydrogen-bond donors (Lipinski definition) is 1. The Kier molecular flexibility index (Phi) is 6.80. The summed E-state index contributed by atoms with van der Waals surface area (Å²) >= 11 is 2.88. The number of carbonyl (C=O) groups excluding carboxylic acids is 1. The molecule has 2 heterocycles. The summed E-state index contributed by atoms with van der Waals surface area (Å²) in [6, 6.07) is 3.36. The van der Waals surface area contributed by atoms with Crippen molar-refractivity contribution in [2.45, 2.75) is 54.1 Å². The minimum Gasteiger partial charge on any atom is -0.444 e. The molecule has 1 aliphatic heterocycles. The number of thiophene rings is 1. The largest absolute Gasteiger partial charge is 0.444 e.